The second-order valence-corrected chi connectivity index (χ2v) is 5.52. The van der Waals surface area contributed by atoms with Gasteiger partial charge in [0.2, 0.25) is 0 Å². The fourth-order valence-electron chi connectivity index (χ4n) is 2.84. The molecule has 0 fully saturated rings. The van der Waals surface area contributed by atoms with Crippen molar-refractivity contribution in [3.05, 3.63) is 23.3 Å². The number of carbonyl (C=O) groups excluding carboxylic acids is 1. The lowest BCUT2D eigenvalue weighted by atomic mass is 9.99. The van der Waals surface area contributed by atoms with Crippen molar-refractivity contribution in [2.75, 3.05) is 32.8 Å². The highest BCUT2D eigenvalue weighted by Gasteiger charge is 2.24. The number of hydrogen-bond acceptors (Lipinski definition) is 3. The first kappa shape index (κ1) is 17.2. The van der Waals surface area contributed by atoms with Crippen LogP contribution < -0.4 is 19.7 Å². The highest BCUT2D eigenvalue weighted by atomic mass is 16.5. The summed E-state index contributed by atoms with van der Waals surface area (Å²) < 4.78 is 11.4. The number of amides is 1. The second-order valence-electron chi connectivity index (χ2n) is 5.52. The van der Waals surface area contributed by atoms with Crippen molar-refractivity contribution < 1.29 is 19.2 Å². The molecule has 0 aliphatic carbocycles. The molecular formula is C18H25N2O3+. The van der Waals surface area contributed by atoms with Gasteiger partial charge in [-0.25, -0.2) is 0 Å². The minimum atomic E-state index is -0.00244. The number of fused-ring (bicyclic) bond motifs is 1. The zero-order chi connectivity index (χ0) is 16.7. The van der Waals surface area contributed by atoms with Gasteiger partial charge in [-0.2, -0.15) is 0 Å². The molecule has 0 aromatic heterocycles. The molecule has 1 atom stereocenters. The van der Waals surface area contributed by atoms with E-state index in [1.165, 1.54) is 16.0 Å². The van der Waals surface area contributed by atoms with Crippen LogP contribution in [0, 0.1) is 12.3 Å². The van der Waals surface area contributed by atoms with Crippen LogP contribution in [0.15, 0.2) is 12.1 Å². The molecule has 0 spiro atoms. The van der Waals surface area contributed by atoms with E-state index in [9.17, 15) is 4.79 Å². The summed E-state index contributed by atoms with van der Waals surface area (Å²) in [7, 11) is 0. The molecule has 23 heavy (non-hydrogen) atoms. The van der Waals surface area contributed by atoms with Crippen LogP contribution in [0.1, 0.15) is 25.0 Å². The topological polar surface area (TPSA) is 52.0 Å². The van der Waals surface area contributed by atoms with Crippen molar-refractivity contribution >= 4 is 5.91 Å². The highest BCUT2D eigenvalue weighted by molar-refractivity contribution is 5.77. The standard InChI is InChI=1S/C18H24N2O3/c1-4-8-19-18(21)13-20-9-7-14-10-16(22-5-2)17(23-6-3)11-15(14)12-20/h1,10-11H,5-9,12-13H2,2-3H3,(H,19,21)/p+1. The van der Waals surface area contributed by atoms with Gasteiger partial charge in [0.05, 0.1) is 26.3 Å². The predicted octanol–water partition coefficient (Wildman–Crippen LogP) is 0.174. The van der Waals surface area contributed by atoms with Crippen molar-refractivity contribution in [1.29, 1.82) is 0 Å². The van der Waals surface area contributed by atoms with Crippen LogP contribution in [0.2, 0.25) is 0 Å². The molecule has 1 aromatic carbocycles. The van der Waals surface area contributed by atoms with Gasteiger partial charge in [-0.05, 0) is 31.5 Å². The maximum atomic E-state index is 11.8. The van der Waals surface area contributed by atoms with Gasteiger partial charge in [0, 0.05) is 12.0 Å². The van der Waals surface area contributed by atoms with E-state index in [0.717, 1.165) is 31.0 Å². The predicted molar refractivity (Wildman–Crippen MR) is 88.7 cm³/mol. The SMILES string of the molecule is C#CCNC(=O)C[NH+]1CCc2cc(OCC)c(OCC)cc2C1. The van der Waals surface area contributed by atoms with Crippen molar-refractivity contribution in [3.8, 4) is 23.8 Å². The molecule has 1 aromatic rings. The number of terminal acetylenes is 1. The summed E-state index contributed by atoms with van der Waals surface area (Å²) in [6.07, 6.45) is 6.09. The minimum absolute atomic E-state index is 0.00244. The highest BCUT2D eigenvalue weighted by Crippen LogP contribution is 2.32. The van der Waals surface area contributed by atoms with Gasteiger partial charge < -0.3 is 19.7 Å². The van der Waals surface area contributed by atoms with Crippen LogP contribution in [0.4, 0.5) is 0 Å². The minimum Gasteiger partial charge on any atom is -0.490 e. The second kappa shape index (κ2) is 8.44. The Kier molecular flexibility index (Phi) is 6.30. The fourth-order valence-corrected chi connectivity index (χ4v) is 2.84. The van der Waals surface area contributed by atoms with Crippen LogP contribution in [0.25, 0.3) is 0 Å². The molecule has 2 N–H and O–H groups in total. The Morgan fingerprint density at radius 3 is 2.52 bits per heavy atom. The van der Waals surface area contributed by atoms with Gasteiger partial charge in [-0.3, -0.25) is 4.79 Å². The van der Waals surface area contributed by atoms with Gasteiger partial charge in [0.25, 0.3) is 5.91 Å². The maximum absolute atomic E-state index is 11.8. The lowest BCUT2D eigenvalue weighted by Crippen LogP contribution is -3.12. The lowest BCUT2D eigenvalue weighted by molar-refractivity contribution is -0.908. The Balaban J connectivity index is 2.09. The molecule has 0 saturated heterocycles. The van der Waals surface area contributed by atoms with Crippen LogP contribution in [0.3, 0.4) is 0 Å². The Bertz CT molecular complexity index is 593. The molecule has 1 amide bonds. The number of rotatable bonds is 7. The van der Waals surface area contributed by atoms with Crippen LogP contribution in [-0.2, 0) is 17.8 Å². The first-order chi connectivity index (χ1) is 11.2. The lowest BCUT2D eigenvalue weighted by Gasteiger charge is -2.26. The first-order valence-electron chi connectivity index (χ1n) is 8.13. The van der Waals surface area contributed by atoms with Crippen molar-refractivity contribution in [2.45, 2.75) is 26.8 Å². The van der Waals surface area contributed by atoms with E-state index < -0.39 is 0 Å². The molecule has 0 radical (unpaired) electrons. The van der Waals surface area contributed by atoms with E-state index in [-0.39, 0.29) is 12.5 Å². The van der Waals surface area contributed by atoms with Gasteiger partial charge >= 0.3 is 0 Å². The Morgan fingerprint density at radius 2 is 1.91 bits per heavy atom. The molecule has 2 rings (SSSR count). The van der Waals surface area contributed by atoms with E-state index in [2.05, 4.69) is 23.4 Å². The summed E-state index contributed by atoms with van der Waals surface area (Å²) in [5, 5.41) is 2.72. The number of nitrogens with one attached hydrogen (secondary N) is 2. The average molecular weight is 317 g/mol. The van der Waals surface area contributed by atoms with Gasteiger partial charge in [-0.15, -0.1) is 6.42 Å². The zero-order valence-electron chi connectivity index (χ0n) is 13.9. The summed E-state index contributed by atoms with van der Waals surface area (Å²) in [6.45, 7) is 7.61. The molecular weight excluding hydrogens is 292 g/mol. The first-order valence-corrected chi connectivity index (χ1v) is 8.13. The Hall–Kier alpha value is -2.19. The largest absolute Gasteiger partial charge is 0.490 e. The van der Waals surface area contributed by atoms with E-state index in [1.807, 2.05) is 13.8 Å². The molecule has 5 nitrogen and oxygen atoms in total. The summed E-state index contributed by atoms with van der Waals surface area (Å²) in [5.74, 6) is 4.01. The number of hydrogen-bond donors (Lipinski definition) is 2. The third-order valence-electron chi connectivity index (χ3n) is 3.85. The number of benzene rings is 1. The smallest absolute Gasteiger partial charge is 0.275 e. The van der Waals surface area contributed by atoms with Crippen LogP contribution in [-0.4, -0.2) is 38.8 Å². The molecule has 1 unspecified atom stereocenters. The van der Waals surface area contributed by atoms with Gasteiger partial charge in [0.15, 0.2) is 18.0 Å². The molecule has 124 valence electrons. The average Bonchev–Trinajstić information content (AvgIpc) is 2.54. The molecule has 0 saturated carbocycles. The Morgan fingerprint density at radius 1 is 1.26 bits per heavy atom. The van der Waals surface area contributed by atoms with E-state index in [4.69, 9.17) is 15.9 Å². The van der Waals surface area contributed by atoms with Gasteiger partial charge in [-0.1, -0.05) is 5.92 Å². The summed E-state index contributed by atoms with van der Waals surface area (Å²) in [4.78, 5) is 13.1. The normalized spacial score (nSPS) is 16.1. The number of carbonyl (C=O) groups is 1. The molecule has 1 aliphatic rings. The Labute approximate surface area is 138 Å². The van der Waals surface area contributed by atoms with E-state index in [1.54, 1.807) is 0 Å². The molecule has 1 heterocycles. The van der Waals surface area contributed by atoms with Crippen LogP contribution in [0.5, 0.6) is 11.5 Å². The third kappa shape index (κ3) is 4.64. The molecule has 0 bridgehead atoms. The van der Waals surface area contributed by atoms with Crippen molar-refractivity contribution in [3.63, 3.8) is 0 Å². The van der Waals surface area contributed by atoms with Crippen LogP contribution >= 0.6 is 0 Å². The summed E-state index contributed by atoms with van der Waals surface area (Å²) in [5.41, 5.74) is 2.51. The molecule has 1 aliphatic heterocycles. The zero-order valence-corrected chi connectivity index (χ0v) is 13.9. The fraction of sp³-hybridized carbons (Fsp3) is 0.500. The monoisotopic (exact) mass is 317 g/mol. The number of quaternary nitrogens is 1. The maximum Gasteiger partial charge on any atom is 0.275 e. The van der Waals surface area contributed by atoms with Gasteiger partial charge in [0.1, 0.15) is 6.54 Å². The third-order valence-corrected chi connectivity index (χ3v) is 3.85. The van der Waals surface area contributed by atoms with Crippen molar-refractivity contribution in [1.82, 2.24) is 5.32 Å². The van der Waals surface area contributed by atoms with E-state index >= 15 is 0 Å². The molecule has 5 heteroatoms. The van der Waals surface area contributed by atoms with Crippen molar-refractivity contribution in [2.24, 2.45) is 0 Å². The quantitative estimate of drug-likeness (QED) is 0.705. The summed E-state index contributed by atoms with van der Waals surface area (Å²) >= 11 is 0. The number of ether oxygens (including phenoxy) is 2. The summed E-state index contributed by atoms with van der Waals surface area (Å²) in [6, 6.07) is 4.14. The van der Waals surface area contributed by atoms with E-state index in [0.29, 0.717) is 19.8 Å².